The van der Waals surface area contributed by atoms with Crippen molar-refractivity contribution in [3.63, 3.8) is 0 Å². The van der Waals surface area contributed by atoms with Crippen molar-refractivity contribution in [1.82, 2.24) is 5.32 Å². The van der Waals surface area contributed by atoms with Gasteiger partial charge in [-0.05, 0) is 44.0 Å². The maximum absolute atomic E-state index is 13.0. The van der Waals surface area contributed by atoms with Gasteiger partial charge in [-0.25, -0.2) is 4.79 Å². The number of hydrogen-bond acceptors (Lipinski definition) is 5. The molecule has 0 aliphatic heterocycles. The molecule has 2 aromatic rings. The highest BCUT2D eigenvalue weighted by Crippen LogP contribution is 2.27. The van der Waals surface area contributed by atoms with Crippen LogP contribution in [-0.4, -0.2) is 36.5 Å². The first-order chi connectivity index (χ1) is 13.7. The van der Waals surface area contributed by atoms with Crippen molar-refractivity contribution in [1.29, 1.82) is 0 Å². The summed E-state index contributed by atoms with van der Waals surface area (Å²) in [6.07, 6.45) is -0.645. The third-order valence-corrected chi connectivity index (χ3v) is 3.86. The van der Waals surface area contributed by atoms with Gasteiger partial charge < -0.3 is 20.5 Å². The molecular formula is C22H26N2O5. The van der Waals surface area contributed by atoms with Gasteiger partial charge in [-0.15, -0.1) is 0 Å². The number of carbonyl (C=O) groups excluding carboxylic acids is 3. The van der Waals surface area contributed by atoms with Gasteiger partial charge >= 0.3 is 6.09 Å². The van der Waals surface area contributed by atoms with E-state index in [1.54, 1.807) is 45.0 Å². The first-order valence-corrected chi connectivity index (χ1v) is 9.21. The number of hydrogen-bond donors (Lipinski definition) is 2. The van der Waals surface area contributed by atoms with Gasteiger partial charge in [0.15, 0.2) is 12.4 Å². The number of primary amides is 1. The van der Waals surface area contributed by atoms with E-state index in [-0.39, 0.29) is 18.9 Å². The van der Waals surface area contributed by atoms with E-state index < -0.39 is 23.5 Å². The minimum absolute atomic E-state index is 0.172. The molecule has 154 valence electrons. The molecule has 1 atom stereocenters. The predicted octanol–water partition coefficient (Wildman–Crippen LogP) is 2.78. The van der Waals surface area contributed by atoms with Gasteiger partial charge in [0.2, 0.25) is 0 Å². The standard InChI is InChI=1S/C22H26N2O5/c1-22(2,3)29-21(27)24-13-18(25)20(15-7-5-4-6-8-15)16-9-11-17(12-10-16)28-14-19(23)26/h4-12,20H,13-14H2,1-3H3,(H2,23,26)(H,24,27)/t20-/m0/s1. The lowest BCUT2D eigenvalue weighted by atomic mass is 9.87. The molecule has 2 amide bonds. The van der Waals surface area contributed by atoms with Crippen LogP contribution in [0.15, 0.2) is 54.6 Å². The van der Waals surface area contributed by atoms with Gasteiger partial charge in [-0.3, -0.25) is 9.59 Å². The van der Waals surface area contributed by atoms with E-state index in [1.807, 2.05) is 30.3 Å². The van der Waals surface area contributed by atoms with Gasteiger partial charge in [-0.2, -0.15) is 0 Å². The molecule has 7 nitrogen and oxygen atoms in total. The predicted molar refractivity (Wildman–Crippen MR) is 109 cm³/mol. The third-order valence-electron chi connectivity index (χ3n) is 3.86. The highest BCUT2D eigenvalue weighted by molar-refractivity contribution is 5.92. The van der Waals surface area contributed by atoms with Crippen LogP contribution in [0.1, 0.15) is 37.8 Å². The highest BCUT2D eigenvalue weighted by atomic mass is 16.6. The number of nitrogens with one attached hydrogen (secondary N) is 1. The minimum atomic E-state index is -0.646. The Morgan fingerprint density at radius 1 is 0.966 bits per heavy atom. The number of amides is 2. The summed E-state index contributed by atoms with van der Waals surface area (Å²) >= 11 is 0. The number of ether oxygens (including phenoxy) is 2. The van der Waals surface area contributed by atoms with E-state index >= 15 is 0 Å². The zero-order valence-electron chi connectivity index (χ0n) is 16.8. The van der Waals surface area contributed by atoms with E-state index in [1.165, 1.54) is 0 Å². The Morgan fingerprint density at radius 2 is 1.55 bits per heavy atom. The van der Waals surface area contributed by atoms with E-state index in [4.69, 9.17) is 15.2 Å². The fourth-order valence-corrected chi connectivity index (χ4v) is 2.70. The number of carbonyl (C=O) groups is 3. The summed E-state index contributed by atoms with van der Waals surface area (Å²) in [6.45, 7) is 4.86. The Labute approximate surface area is 170 Å². The van der Waals surface area contributed by atoms with Gasteiger partial charge in [0, 0.05) is 0 Å². The molecule has 3 N–H and O–H groups in total. The average molecular weight is 398 g/mol. The molecule has 2 aromatic carbocycles. The van der Waals surface area contributed by atoms with Crippen LogP contribution in [0.25, 0.3) is 0 Å². The average Bonchev–Trinajstić information content (AvgIpc) is 2.65. The molecule has 0 heterocycles. The van der Waals surface area contributed by atoms with Gasteiger partial charge in [-0.1, -0.05) is 42.5 Å². The molecule has 0 aliphatic rings. The quantitative estimate of drug-likeness (QED) is 0.711. The van der Waals surface area contributed by atoms with Crippen molar-refractivity contribution in [3.8, 4) is 5.75 Å². The lowest BCUT2D eigenvalue weighted by Gasteiger charge is -2.21. The molecular weight excluding hydrogens is 372 g/mol. The van der Waals surface area contributed by atoms with Crippen molar-refractivity contribution in [3.05, 3.63) is 65.7 Å². The molecule has 29 heavy (non-hydrogen) atoms. The zero-order chi connectivity index (χ0) is 21.4. The van der Waals surface area contributed by atoms with Gasteiger partial charge in [0.1, 0.15) is 11.4 Å². The largest absolute Gasteiger partial charge is 0.484 e. The maximum atomic E-state index is 13.0. The van der Waals surface area contributed by atoms with E-state index in [2.05, 4.69) is 5.32 Å². The number of Topliss-reactive ketones (excluding diaryl/α,β-unsaturated/α-hetero) is 1. The molecule has 0 saturated heterocycles. The summed E-state index contributed by atoms with van der Waals surface area (Å²) in [5.41, 5.74) is 5.97. The molecule has 0 unspecified atom stereocenters. The highest BCUT2D eigenvalue weighted by Gasteiger charge is 2.24. The monoisotopic (exact) mass is 398 g/mol. The SMILES string of the molecule is CC(C)(C)OC(=O)NCC(=O)[C@@H](c1ccccc1)c1ccc(OCC(N)=O)cc1. The molecule has 0 spiro atoms. The number of nitrogens with two attached hydrogens (primary N) is 1. The van der Waals surface area contributed by atoms with Crippen LogP contribution in [0.5, 0.6) is 5.75 Å². The van der Waals surface area contributed by atoms with Crippen molar-refractivity contribution >= 4 is 17.8 Å². The number of rotatable bonds is 8. The van der Waals surface area contributed by atoms with Crippen LogP contribution < -0.4 is 15.8 Å². The number of ketones is 1. The van der Waals surface area contributed by atoms with E-state index in [0.29, 0.717) is 5.75 Å². The van der Waals surface area contributed by atoms with Crippen LogP contribution in [0.4, 0.5) is 4.79 Å². The molecule has 7 heteroatoms. The summed E-state index contributed by atoms with van der Waals surface area (Å²) in [5, 5.41) is 2.52. The Hall–Kier alpha value is -3.35. The Balaban J connectivity index is 2.16. The molecule has 0 aromatic heterocycles. The first kappa shape index (κ1) is 21.9. The van der Waals surface area contributed by atoms with E-state index in [0.717, 1.165) is 11.1 Å². The van der Waals surface area contributed by atoms with Crippen LogP contribution in [0.2, 0.25) is 0 Å². The molecule has 0 radical (unpaired) electrons. The summed E-state index contributed by atoms with van der Waals surface area (Å²) < 4.78 is 10.4. The lowest BCUT2D eigenvalue weighted by Crippen LogP contribution is -2.37. The Bertz CT molecular complexity index is 842. The van der Waals surface area contributed by atoms with Gasteiger partial charge in [0.05, 0.1) is 12.5 Å². The second-order valence-electron chi connectivity index (χ2n) is 7.49. The fraction of sp³-hybridized carbons (Fsp3) is 0.318. The minimum Gasteiger partial charge on any atom is -0.484 e. The Kier molecular flexibility index (Phi) is 7.36. The summed E-state index contributed by atoms with van der Waals surface area (Å²) in [6, 6.07) is 16.1. The zero-order valence-corrected chi connectivity index (χ0v) is 16.8. The summed E-state index contributed by atoms with van der Waals surface area (Å²) in [7, 11) is 0. The van der Waals surface area contributed by atoms with Crippen molar-refractivity contribution < 1.29 is 23.9 Å². The second kappa shape index (κ2) is 9.73. The molecule has 2 rings (SSSR count). The van der Waals surface area contributed by atoms with Crippen molar-refractivity contribution in [2.24, 2.45) is 5.73 Å². The van der Waals surface area contributed by atoms with E-state index in [9.17, 15) is 14.4 Å². The number of alkyl carbamates (subject to hydrolysis) is 1. The third kappa shape index (κ3) is 7.29. The summed E-state index contributed by atoms with van der Waals surface area (Å²) in [4.78, 5) is 35.7. The topological polar surface area (TPSA) is 108 Å². The summed E-state index contributed by atoms with van der Waals surface area (Å²) in [5.74, 6) is -0.859. The molecule has 0 bridgehead atoms. The first-order valence-electron chi connectivity index (χ1n) is 9.21. The smallest absolute Gasteiger partial charge is 0.408 e. The van der Waals surface area contributed by atoms with Crippen LogP contribution in [0.3, 0.4) is 0 Å². The van der Waals surface area contributed by atoms with Crippen molar-refractivity contribution in [2.45, 2.75) is 32.3 Å². The second-order valence-corrected chi connectivity index (χ2v) is 7.49. The number of benzene rings is 2. The van der Waals surface area contributed by atoms with Crippen LogP contribution >= 0.6 is 0 Å². The molecule has 0 fully saturated rings. The lowest BCUT2D eigenvalue weighted by molar-refractivity contribution is -0.120. The molecule has 0 saturated carbocycles. The van der Waals surface area contributed by atoms with Crippen LogP contribution in [0, 0.1) is 0 Å². The normalized spacial score (nSPS) is 12.0. The molecule has 0 aliphatic carbocycles. The van der Waals surface area contributed by atoms with Crippen LogP contribution in [-0.2, 0) is 14.3 Å². The maximum Gasteiger partial charge on any atom is 0.408 e. The fourth-order valence-electron chi connectivity index (χ4n) is 2.70. The Morgan fingerprint density at radius 3 is 2.10 bits per heavy atom. The van der Waals surface area contributed by atoms with Crippen molar-refractivity contribution in [2.75, 3.05) is 13.2 Å². The van der Waals surface area contributed by atoms with Gasteiger partial charge in [0.25, 0.3) is 5.91 Å².